The quantitative estimate of drug-likeness (QED) is 0.392. The molecule has 0 fully saturated rings. The number of nitrogens with two attached hydrogens (primary N) is 2. The van der Waals surface area contributed by atoms with Gasteiger partial charge in [-0.25, -0.2) is 32.2 Å². The molecule has 23 heavy (non-hydrogen) atoms. The largest absolute Gasteiger partial charge is 0.477 e. The first kappa shape index (κ1) is 17.7. The minimum absolute atomic E-state index is 0.178. The van der Waals surface area contributed by atoms with Crippen molar-refractivity contribution in [3.63, 3.8) is 0 Å². The number of hydrogen-bond donors (Lipinski definition) is 5. The molecule has 2 aromatic rings. The van der Waals surface area contributed by atoms with Gasteiger partial charge in [0.2, 0.25) is 11.9 Å². The van der Waals surface area contributed by atoms with Gasteiger partial charge in [0.1, 0.15) is 11.1 Å². The zero-order chi connectivity index (χ0) is 17.9. The molecule has 0 aliphatic carbocycles. The van der Waals surface area contributed by atoms with Crippen LogP contribution in [0.5, 0.6) is 0 Å². The summed E-state index contributed by atoms with van der Waals surface area (Å²) in [5.41, 5.74) is 6.36. The van der Waals surface area contributed by atoms with E-state index in [4.69, 9.17) is 21.7 Å². The number of aromatic carboxylic acids is 2. The molecule has 0 radical (unpaired) electrons. The molecular formula is C10H7F4N5O4. The molecule has 0 aliphatic heterocycles. The van der Waals surface area contributed by atoms with E-state index < -0.39 is 46.3 Å². The van der Waals surface area contributed by atoms with Crippen LogP contribution >= 0.6 is 0 Å². The molecule has 0 saturated heterocycles. The van der Waals surface area contributed by atoms with Gasteiger partial charge >= 0.3 is 11.9 Å². The minimum Gasteiger partial charge on any atom is -0.477 e. The average Bonchev–Trinajstić information content (AvgIpc) is 2.80. The van der Waals surface area contributed by atoms with Gasteiger partial charge in [-0.05, 0) is 0 Å². The smallest absolute Gasteiger partial charge is 0.341 e. The number of halogens is 4. The van der Waals surface area contributed by atoms with Crippen molar-refractivity contribution >= 4 is 23.8 Å². The molecule has 0 amide bonds. The van der Waals surface area contributed by atoms with Gasteiger partial charge in [0, 0.05) is 0 Å². The number of nitrogens with one attached hydrogen (secondary N) is 1. The standard InChI is InChI=1S/C8H2F4O4.C2H5N5/c9-3-1(7(13)14)4(10)6(12)2(5(3)11)8(15)16;3-1-5-2(4)7-6-1/h(H,13,14)(H,15,16);(H5,3,4,5,6,7). The van der Waals surface area contributed by atoms with E-state index in [1.807, 2.05) is 0 Å². The highest BCUT2D eigenvalue weighted by molar-refractivity contribution is 5.92. The van der Waals surface area contributed by atoms with Crippen molar-refractivity contribution in [3.8, 4) is 0 Å². The summed E-state index contributed by atoms with van der Waals surface area (Å²) >= 11 is 0. The van der Waals surface area contributed by atoms with Gasteiger partial charge in [-0.15, -0.1) is 5.10 Å². The van der Waals surface area contributed by atoms with Crippen LogP contribution in [0.15, 0.2) is 0 Å². The van der Waals surface area contributed by atoms with Crippen LogP contribution in [0.4, 0.5) is 29.5 Å². The number of nitrogen functional groups attached to an aromatic ring is 2. The van der Waals surface area contributed by atoms with E-state index in [1.165, 1.54) is 0 Å². The third-order valence-electron chi connectivity index (χ3n) is 2.21. The van der Waals surface area contributed by atoms with E-state index in [0.717, 1.165) is 0 Å². The van der Waals surface area contributed by atoms with Crippen molar-refractivity contribution in [2.45, 2.75) is 0 Å². The Morgan fingerprint density at radius 2 is 1.22 bits per heavy atom. The molecule has 1 aromatic carbocycles. The lowest BCUT2D eigenvalue weighted by Gasteiger charge is -2.05. The lowest BCUT2D eigenvalue weighted by Crippen LogP contribution is -2.15. The van der Waals surface area contributed by atoms with Crippen LogP contribution in [0.25, 0.3) is 0 Å². The van der Waals surface area contributed by atoms with Crippen LogP contribution in [0.1, 0.15) is 20.7 Å². The van der Waals surface area contributed by atoms with Crippen molar-refractivity contribution in [1.82, 2.24) is 15.2 Å². The van der Waals surface area contributed by atoms with Gasteiger partial charge in [-0.3, -0.25) is 0 Å². The Balaban J connectivity index is 0.000000313. The molecule has 0 saturated carbocycles. The van der Waals surface area contributed by atoms with Crippen LogP contribution in [0.2, 0.25) is 0 Å². The van der Waals surface area contributed by atoms with Gasteiger partial charge in [0.15, 0.2) is 23.3 Å². The molecule has 124 valence electrons. The van der Waals surface area contributed by atoms with Gasteiger partial charge < -0.3 is 21.7 Å². The zero-order valence-electron chi connectivity index (χ0n) is 10.8. The van der Waals surface area contributed by atoms with Crippen LogP contribution < -0.4 is 11.5 Å². The number of nitrogens with zero attached hydrogens (tertiary/aromatic N) is 2. The molecule has 1 aromatic heterocycles. The van der Waals surface area contributed by atoms with Crippen molar-refractivity contribution in [3.05, 3.63) is 34.4 Å². The Hall–Kier alpha value is -3.38. The normalized spacial score (nSPS) is 9.91. The summed E-state index contributed by atoms with van der Waals surface area (Å²) in [4.78, 5) is 24.0. The highest BCUT2D eigenvalue weighted by Gasteiger charge is 2.32. The fraction of sp³-hybridized carbons (Fsp3) is 0. The molecule has 7 N–H and O–H groups in total. The molecule has 0 aliphatic rings. The molecule has 2 rings (SSSR count). The number of carboxylic acids is 2. The van der Waals surface area contributed by atoms with Crippen LogP contribution in [-0.2, 0) is 0 Å². The third-order valence-corrected chi connectivity index (χ3v) is 2.21. The Morgan fingerprint density at radius 3 is 1.35 bits per heavy atom. The summed E-state index contributed by atoms with van der Waals surface area (Å²) in [6, 6.07) is 0. The highest BCUT2D eigenvalue weighted by atomic mass is 19.2. The van der Waals surface area contributed by atoms with Crippen LogP contribution in [0, 0.1) is 23.3 Å². The first-order chi connectivity index (χ1) is 10.6. The summed E-state index contributed by atoms with van der Waals surface area (Å²) in [7, 11) is 0. The maximum atomic E-state index is 12.9. The molecule has 1 heterocycles. The predicted molar refractivity (Wildman–Crippen MR) is 65.4 cm³/mol. The lowest BCUT2D eigenvalue weighted by molar-refractivity contribution is 0.0658. The van der Waals surface area contributed by atoms with E-state index in [0.29, 0.717) is 0 Å². The van der Waals surface area contributed by atoms with E-state index in [1.54, 1.807) is 0 Å². The minimum atomic E-state index is -2.26. The number of aromatic amines is 1. The fourth-order valence-electron chi connectivity index (χ4n) is 1.30. The molecule has 0 unspecified atom stereocenters. The Labute approximate surface area is 123 Å². The Bertz CT molecular complexity index is 688. The summed E-state index contributed by atoms with van der Waals surface area (Å²) < 4.78 is 51.6. The van der Waals surface area contributed by atoms with E-state index in [-0.39, 0.29) is 11.9 Å². The maximum absolute atomic E-state index is 12.9. The van der Waals surface area contributed by atoms with Crippen molar-refractivity contribution in [2.75, 3.05) is 11.5 Å². The van der Waals surface area contributed by atoms with E-state index in [9.17, 15) is 27.2 Å². The second kappa shape index (κ2) is 6.59. The number of rotatable bonds is 2. The monoisotopic (exact) mass is 337 g/mol. The second-order valence-corrected chi connectivity index (χ2v) is 3.70. The van der Waals surface area contributed by atoms with Crippen LogP contribution in [0.3, 0.4) is 0 Å². The molecule has 0 atom stereocenters. The van der Waals surface area contributed by atoms with Crippen molar-refractivity contribution in [2.24, 2.45) is 0 Å². The van der Waals surface area contributed by atoms with Gasteiger partial charge in [-0.1, -0.05) is 0 Å². The Morgan fingerprint density at radius 1 is 0.870 bits per heavy atom. The first-order valence-corrected chi connectivity index (χ1v) is 5.33. The van der Waals surface area contributed by atoms with Gasteiger partial charge in [0.05, 0.1) is 0 Å². The second-order valence-electron chi connectivity index (χ2n) is 3.70. The van der Waals surface area contributed by atoms with Gasteiger partial charge in [0.25, 0.3) is 0 Å². The number of anilines is 2. The van der Waals surface area contributed by atoms with Gasteiger partial charge in [-0.2, -0.15) is 4.98 Å². The van der Waals surface area contributed by atoms with Crippen LogP contribution in [-0.4, -0.2) is 37.3 Å². The summed E-state index contributed by atoms with van der Waals surface area (Å²) in [5, 5.41) is 22.3. The number of carboxylic acid groups (broad SMARTS) is 2. The summed E-state index contributed by atoms with van der Waals surface area (Å²) in [6.07, 6.45) is 0. The van der Waals surface area contributed by atoms with E-state index >= 15 is 0 Å². The SMILES string of the molecule is Nc1n[nH]c(N)n1.O=C(O)c1c(F)c(F)c(C(=O)O)c(F)c1F. The first-order valence-electron chi connectivity index (χ1n) is 5.33. The number of aromatic nitrogens is 3. The predicted octanol–water partition coefficient (Wildman–Crippen LogP) is 0.608. The molecule has 13 heteroatoms. The summed E-state index contributed by atoms with van der Waals surface area (Å²) in [6.45, 7) is 0. The van der Waals surface area contributed by atoms with E-state index in [2.05, 4.69) is 15.2 Å². The maximum Gasteiger partial charge on any atom is 0.341 e. The average molecular weight is 337 g/mol. The molecular weight excluding hydrogens is 330 g/mol. The van der Waals surface area contributed by atoms with Crippen molar-refractivity contribution < 1.29 is 37.4 Å². The number of benzene rings is 1. The number of carbonyl (C=O) groups is 2. The molecule has 0 spiro atoms. The lowest BCUT2D eigenvalue weighted by atomic mass is 10.1. The topological polar surface area (TPSA) is 168 Å². The fourth-order valence-corrected chi connectivity index (χ4v) is 1.30. The molecule has 0 bridgehead atoms. The van der Waals surface area contributed by atoms with Crippen molar-refractivity contribution in [1.29, 1.82) is 0 Å². The summed E-state index contributed by atoms with van der Waals surface area (Å²) in [5.74, 6) is -13.1. The number of hydrogen-bond acceptors (Lipinski definition) is 6. The number of H-pyrrole nitrogens is 1. The Kier molecular flexibility index (Phi) is 5.06. The highest BCUT2D eigenvalue weighted by Crippen LogP contribution is 2.24. The third kappa shape index (κ3) is 3.63. The zero-order valence-corrected chi connectivity index (χ0v) is 10.8. The molecule has 9 nitrogen and oxygen atoms in total.